The van der Waals surface area contributed by atoms with E-state index in [0.717, 1.165) is 0 Å². The van der Waals surface area contributed by atoms with Crippen molar-refractivity contribution in [3.63, 3.8) is 0 Å². The van der Waals surface area contributed by atoms with Crippen LogP contribution in [0.2, 0.25) is 5.02 Å². The zero-order valence-electron chi connectivity index (χ0n) is 12.5. The second-order valence-corrected chi connectivity index (χ2v) is 5.22. The fourth-order valence-electron chi connectivity index (χ4n) is 2.32. The van der Waals surface area contributed by atoms with Gasteiger partial charge in [0.15, 0.2) is 17.8 Å². The summed E-state index contributed by atoms with van der Waals surface area (Å²) >= 11 is 6.20. The highest BCUT2D eigenvalue weighted by Gasteiger charge is 2.22. The van der Waals surface area contributed by atoms with Crippen LogP contribution in [0.25, 0.3) is 17.0 Å². The molecule has 2 aromatic heterocycles. The normalized spacial score (nSPS) is 10.4. The van der Waals surface area contributed by atoms with E-state index in [9.17, 15) is 4.79 Å². The molecule has 24 heavy (non-hydrogen) atoms. The Bertz CT molecular complexity index is 955. The predicted octanol–water partition coefficient (Wildman–Crippen LogP) is 3.03. The molecule has 0 bridgehead atoms. The van der Waals surface area contributed by atoms with E-state index < -0.39 is 5.97 Å². The summed E-state index contributed by atoms with van der Waals surface area (Å²) in [5.74, 6) is -0.174. The smallest absolute Gasteiger partial charge is 0.357 e. The van der Waals surface area contributed by atoms with Gasteiger partial charge in [-0.1, -0.05) is 11.6 Å². The third-order valence-corrected chi connectivity index (χ3v) is 3.80. The molecule has 0 aliphatic heterocycles. The first kappa shape index (κ1) is 15.6. The Morgan fingerprint density at radius 1 is 1.50 bits per heavy atom. The van der Waals surface area contributed by atoms with E-state index in [0.29, 0.717) is 22.0 Å². The van der Waals surface area contributed by atoms with Gasteiger partial charge in [-0.2, -0.15) is 5.26 Å². The molecule has 3 rings (SSSR count). The van der Waals surface area contributed by atoms with E-state index in [1.54, 1.807) is 18.2 Å². The second kappa shape index (κ2) is 6.10. The van der Waals surface area contributed by atoms with E-state index >= 15 is 0 Å². The number of benzene rings is 1. The molecule has 0 aliphatic rings. The van der Waals surface area contributed by atoms with Crippen LogP contribution in [0.1, 0.15) is 16.1 Å². The monoisotopic (exact) mass is 342 g/mol. The Labute approximate surface area is 141 Å². The number of halogens is 1. The maximum Gasteiger partial charge on any atom is 0.357 e. The lowest BCUT2D eigenvalue weighted by atomic mass is 10.1. The van der Waals surface area contributed by atoms with Gasteiger partial charge in [-0.05, 0) is 18.2 Å². The zero-order chi connectivity index (χ0) is 17.3. The van der Waals surface area contributed by atoms with E-state index in [1.165, 1.54) is 30.5 Å². The lowest BCUT2D eigenvalue weighted by Gasteiger charge is -2.10. The molecule has 0 spiro atoms. The van der Waals surface area contributed by atoms with Crippen molar-refractivity contribution in [2.45, 2.75) is 0 Å². The first-order valence-electron chi connectivity index (χ1n) is 6.74. The average molecular weight is 343 g/mol. The number of rotatable bonds is 3. The highest BCUT2D eigenvalue weighted by Crippen LogP contribution is 2.32. The fourth-order valence-corrected chi connectivity index (χ4v) is 2.53. The lowest BCUT2D eigenvalue weighted by Crippen LogP contribution is -2.11. The summed E-state index contributed by atoms with van der Waals surface area (Å²) in [5, 5.41) is 9.62. The number of carbonyl (C=O) groups is 1. The first-order valence-corrected chi connectivity index (χ1v) is 7.12. The van der Waals surface area contributed by atoms with Crippen LogP contribution < -0.4 is 5.73 Å². The van der Waals surface area contributed by atoms with Gasteiger partial charge in [0.05, 0.1) is 29.6 Å². The number of nitrogens with two attached hydrogens (primary N) is 1. The molecule has 0 fully saturated rings. The summed E-state index contributed by atoms with van der Waals surface area (Å²) in [6.45, 7) is 0. The van der Waals surface area contributed by atoms with Gasteiger partial charge in [0.2, 0.25) is 0 Å². The number of methoxy groups -OCH3 is 1. The van der Waals surface area contributed by atoms with Crippen molar-refractivity contribution in [1.29, 1.82) is 5.26 Å². The third-order valence-electron chi connectivity index (χ3n) is 3.47. The van der Waals surface area contributed by atoms with Crippen LogP contribution in [-0.2, 0) is 4.74 Å². The van der Waals surface area contributed by atoms with Crippen LogP contribution in [0.15, 0.2) is 41.4 Å². The molecule has 0 unspecified atom stereocenters. The molecule has 2 N–H and O–H groups in total. The number of carbonyl (C=O) groups excluding carboxylic acids is 1. The number of nitrogens with zero attached hydrogens (tertiary/aromatic N) is 3. The molecule has 0 atom stereocenters. The predicted molar refractivity (Wildman–Crippen MR) is 86.7 cm³/mol. The van der Waals surface area contributed by atoms with E-state index in [4.69, 9.17) is 31.8 Å². The summed E-state index contributed by atoms with van der Waals surface area (Å²) in [5.41, 5.74) is 7.35. The number of anilines is 1. The van der Waals surface area contributed by atoms with Crippen molar-refractivity contribution in [3.8, 4) is 23.1 Å². The van der Waals surface area contributed by atoms with Crippen molar-refractivity contribution >= 4 is 23.3 Å². The molecular formula is C16H11ClN4O3. The second-order valence-electron chi connectivity index (χ2n) is 4.81. The molecular weight excluding hydrogens is 332 g/mol. The largest absolute Gasteiger partial charge is 0.464 e. The molecule has 0 radical (unpaired) electrons. The molecule has 1 aromatic carbocycles. The van der Waals surface area contributed by atoms with Gasteiger partial charge >= 0.3 is 5.97 Å². The first-order chi connectivity index (χ1) is 11.6. The van der Waals surface area contributed by atoms with Gasteiger partial charge in [0.1, 0.15) is 6.07 Å². The Morgan fingerprint density at radius 2 is 2.29 bits per heavy atom. The molecule has 0 saturated carbocycles. The fraction of sp³-hybridized carbons (Fsp3) is 0.0625. The number of nitriles is 1. The number of ether oxygens (including phenoxy) is 1. The molecule has 8 heteroatoms. The lowest BCUT2D eigenvalue weighted by molar-refractivity contribution is 0.0593. The SMILES string of the molecule is COC(=O)c1c(N)c(C#N)cn1-c1ccc(Cl)c(-c2cnco2)c1. The minimum absolute atomic E-state index is 0.0560. The molecule has 7 nitrogen and oxygen atoms in total. The van der Waals surface area contributed by atoms with Crippen LogP contribution >= 0.6 is 11.6 Å². The standard InChI is InChI=1S/C16H11ClN4O3/c1-23-16(22)15-14(19)9(5-18)7-21(15)10-2-3-12(17)11(4-10)13-6-20-8-24-13/h2-4,6-8H,19H2,1H3. The Balaban J connectivity index is 2.22. The van der Waals surface area contributed by atoms with Crippen molar-refractivity contribution < 1.29 is 13.9 Å². The highest BCUT2D eigenvalue weighted by molar-refractivity contribution is 6.33. The maximum absolute atomic E-state index is 12.1. The number of hydrogen-bond donors (Lipinski definition) is 1. The molecule has 2 heterocycles. The van der Waals surface area contributed by atoms with Crippen LogP contribution in [0, 0.1) is 11.3 Å². The molecule has 120 valence electrons. The van der Waals surface area contributed by atoms with Gasteiger partial charge in [-0.3, -0.25) is 0 Å². The molecule has 0 amide bonds. The maximum atomic E-state index is 12.1. The average Bonchev–Trinajstić information content (AvgIpc) is 3.22. The number of nitrogen functional groups attached to an aromatic ring is 1. The van der Waals surface area contributed by atoms with Gasteiger partial charge < -0.3 is 19.5 Å². The van der Waals surface area contributed by atoms with Crippen LogP contribution in [-0.4, -0.2) is 22.6 Å². The molecule has 0 saturated heterocycles. The zero-order valence-corrected chi connectivity index (χ0v) is 13.2. The summed E-state index contributed by atoms with van der Waals surface area (Å²) in [6, 6.07) is 6.99. The van der Waals surface area contributed by atoms with Crippen molar-refractivity contribution in [2.24, 2.45) is 0 Å². The Morgan fingerprint density at radius 3 is 2.92 bits per heavy atom. The number of esters is 1. The summed E-state index contributed by atoms with van der Waals surface area (Å²) in [6.07, 6.45) is 4.28. The third kappa shape index (κ3) is 2.49. The quantitative estimate of drug-likeness (QED) is 0.733. The van der Waals surface area contributed by atoms with Crippen LogP contribution in [0.3, 0.4) is 0 Å². The van der Waals surface area contributed by atoms with E-state index in [2.05, 4.69) is 4.98 Å². The summed E-state index contributed by atoms with van der Waals surface area (Å²) in [7, 11) is 1.24. The van der Waals surface area contributed by atoms with Gasteiger partial charge in [-0.15, -0.1) is 0 Å². The number of aromatic nitrogens is 2. The molecule has 0 aliphatic carbocycles. The van der Waals surface area contributed by atoms with Crippen molar-refractivity contribution in [1.82, 2.24) is 9.55 Å². The van der Waals surface area contributed by atoms with Crippen LogP contribution in [0.5, 0.6) is 0 Å². The van der Waals surface area contributed by atoms with E-state index in [1.807, 2.05) is 6.07 Å². The van der Waals surface area contributed by atoms with Crippen molar-refractivity contribution in [2.75, 3.05) is 12.8 Å². The highest BCUT2D eigenvalue weighted by atomic mass is 35.5. The topological polar surface area (TPSA) is 107 Å². The summed E-state index contributed by atoms with van der Waals surface area (Å²) in [4.78, 5) is 15.9. The number of hydrogen-bond acceptors (Lipinski definition) is 6. The van der Waals surface area contributed by atoms with Gasteiger partial charge in [-0.25, -0.2) is 9.78 Å². The van der Waals surface area contributed by atoms with E-state index in [-0.39, 0.29) is 16.9 Å². The van der Waals surface area contributed by atoms with Gasteiger partial charge in [0.25, 0.3) is 0 Å². The molecule has 3 aromatic rings. The van der Waals surface area contributed by atoms with Crippen LogP contribution in [0.4, 0.5) is 5.69 Å². The van der Waals surface area contributed by atoms with Crippen molar-refractivity contribution in [3.05, 3.63) is 53.3 Å². The minimum Gasteiger partial charge on any atom is -0.464 e. The Kier molecular flexibility index (Phi) is 3.98. The number of oxazole rings is 1. The van der Waals surface area contributed by atoms with Gasteiger partial charge in [0, 0.05) is 17.4 Å². The summed E-state index contributed by atoms with van der Waals surface area (Å²) < 4.78 is 11.5. The Hall–Kier alpha value is -3.24. The minimum atomic E-state index is -0.648.